The highest BCUT2D eigenvalue weighted by Crippen LogP contribution is 2.55. The highest BCUT2D eigenvalue weighted by Gasteiger charge is 2.67. The molecular weight excluding hydrogens is 528 g/mol. The molecule has 0 bridgehead atoms. The van der Waals surface area contributed by atoms with E-state index in [1.165, 1.54) is 34.9 Å². The maximum atomic E-state index is 14.6. The third kappa shape index (κ3) is 4.38. The lowest BCUT2D eigenvalue weighted by Crippen LogP contribution is -2.65. The van der Waals surface area contributed by atoms with E-state index in [9.17, 15) is 22.8 Å². The molecule has 0 spiro atoms. The minimum Gasteiger partial charge on any atom is -0.379 e. The zero-order valence-corrected chi connectivity index (χ0v) is 24.4. The number of carbonyl (C=O) groups excluding carboxylic acids is 3. The Hall–Kier alpha value is -3.04. The van der Waals surface area contributed by atoms with Crippen molar-refractivity contribution in [2.45, 2.75) is 87.3 Å². The van der Waals surface area contributed by atoms with Crippen LogP contribution in [0.3, 0.4) is 0 Å². The van der Waals surface area contributed by atoms with Crippen LogP contribution in [-0.2, 0) is 34.6 Å². The SMILES string of the molecule is CO[C@H]1CC(=O)C[C@@H]2N(S(=O)(=O)c3ccc(C)cc3)c3ccccc3[C@]12C(=O)C(=O)N(C)[C@H](C)C1CCCCC1. The molecule has 2 saturated carbocycles. The molecule has 214 valence electrons. The molecule has 1 aliphatic heterocycles. The molecule has 0 saturated heterocycles. The van der Waals surface area contributed by atoms with Crippen LogP contribution in [0.1, 0.15) is 63.0 Å². The van der Waals surface area contributed by atoms with Crippen LogP contribution in [0.5, 0.6) is 0 Å². The number of ketones is 2. The number of likely N-dealkylation sites (N-methyl/N-ethyl adjacent to an activating group) is 1. The highest BCUT2D eigenvalue weighted by molar-refractivity contribution is 7.93. The molecule has 3 aliphatic rings. The van der Waals surface area contributed by atoms with E-state index in [2.05, 4.69) is 0 Å². The largest absolute Gasteiger partial charge is 0.379 e. The lowest BCUT2D eigenvalue weighted by atomic mass is 9.62. The monoisotopic (exact) mass is 566 g/mol. The van der Waals surface area contributed by atoms with Crippen LogP contribution in [0.25, 0.3) is 0 Å². The number of methoxy groups -OCH3 is 1. The van der Waals surface area contributed by atoms with Gasteiger partial charge in [-0.25, -0.2) is 8.42 Å². The molecular formula is C31H38N2O6S. The molecule has 2 aliphatic carbocycles. The Bertz CT molecular complexity index is 1420. The van der Waals surface area contributed by atoms with Gasteiger partial charge in [0.25, 0.3) is 15.9 Å². The van der Waals surface area contributed by atoms with E-state index >= 15 is 0 Å². The molecule has 0 unspecified atom stereocenters. The van der Waals surface area contributed by atoms with Gasteiger partial charge in [0, 0.05) is 33.0 Å². The van der Waals surface area contributed by atoms with Gasteiger partial charge < -0.3 is 9.64 Å². The van der Waals surface area contributed by atoms with Crippen molar-refractivity contribution in [2.24, 2.45) is 5.92 Å². The van der Waals surface area contributed by atoms with Crippen LogP contribution in [0.15, 0.2) is 53.4 Å². The molecule has 2 aromatic rings. The number of benzene rings is 2. The number of aryl methyl sites for hydroxylation is 1. The highest BCUT2D eigenvalue weighted by atomic mass is 32.2. The first-order chi connectivity index (χ1) is 19.0. The van der Waals surface area contributed by atoms with Crippen molar-refractivity contribution in [1.29, 1.82) is 0 Å². The maximum absolute atomic E-state index is 14.6. The molecule has 0 N–H and O–H groups in total. The fourth-order valence-corrected chi connectivity index (χ4v) is 8.81. The number of rotatable bonds is 7. The summed E-state index contributed by atoms with van der Waals surface area (Å²) < 4.78 is 35.4. The van der Waals surface area contributed by atoms with Gasteiger partial charge in [-0.1, -0.05) is 55.2 Å². The molecule has 40 heavy (non-hydrogen) atoms. The maximum Gasteiger partial charge on any atom is 0.291 e. The molecule has 1 amide bonds. The molecule has 1 heterocycles. The first-order valence-corrected chi connectivity index (χ1v) is 15.6. The van der Waals surface area contributed by atoms with E-state index in [1.807, 2.05) is 13.8 Å². The van der Waals surface area contributed by atoms with Crippen molar-refractivity contribution in [3.05, 3.63) is 59.7 Å². The number of Topliss-reactive ketones (excluding diaryl/α,β-unsaturated/α-hetero) is 2. The fraction of sp³-hybridized carbons (Fsp3) is 0.516. The summed E-state index contributed by atoms with van der Waals surface area (Å²) in [5.41, 5.74) is -0.0476. The Labute approximate surface area is 236 Å². The molecule has 9 heteroatoms. The minimum absolute atomic E-state index is 0.0532. The number of ether oxygens (including phenoxy) is 1. The second-order valence-electron chi connectivity index (χ2n) is 11.6. The van der Waals surface area contributed by atoms with E-state index in [0.717, 1.165) is 31.2 Å². The van der Waals surface area contributed by atoms with Gasteiger partial charge in [0.15, 0.2) is 0 Å². The number of carbonyl (C=O) groups is 3. The standard InChI is InChI=1S/C31H38N2O6S/c1-20-14-16-24(17-15-20)40(37,38)33-26-13-9-8-12-25(26)31(27(33)18-23(34)19-28(31)39-4)29(35)30(36)32(3)21(2)22-10-6-5-7-11-22/h8-9,12-17,21-22,27-28H,5-7,10-11,18-19H2,1-4H3/t21-,27+,28+,31-/m1/s1. The summed E-state index contributed by atoms with van der Waals surface area (Å²) in [6, 6.07) is 12.0. The Morgan fingerprint density at radius 3 is 2.33 bits per heavy atom. The predicted molar refractivity (Wildman–Crippen MR) is 152 cm³/mol. The average Bonchev–Trinajstić information content (AvgIpc) is 3.27. The quantitative estimate of drug-likeness (QED) is 0.466. The van der Waals surface area contributed by atoms with Crippen LogP contribution in [0.2, 0.25) is 0 Å². The number of nitrogens with zero attached hydrogens (tertiary/aromatic N) is 2. The molecule has 0 radical (unpaired) electrons. The molecule has 5 rings (SSSR count). The minimum atomic E-state index is -4.20. The van der Waals surface area contributed by atoms with Crippen LogP contribution in [0, 0.1) is 12.8 Å². The summed E-state index contributed by atoms with van der Waals surface area (Å²) >= 11 is 0. The second-order valence-corrected chi connectivity index (χ2v) is 13.4. The van der Waals surface area contributed by atoms with Gasteiger partial charge in [0.1, 0.15) is 11.2 Å². The van der Waals surface area contributed by atoms with Crippen LogP contribution in [-0.4, -0.2) is 63.1 Å². The topological polar surface area (TPSA) is 101 Å². The van der Waals surface area contributed by atoms with Crippen molar-refractivity contribution < 1.29 is 27.5 Å². The summed E-state index contributed by atoms with van der Waals surface area (Å²) in [4.78, 5) is 43.3. The summed E-state index contributed by atoms with van der Waals surface area (Å²) in [6.07, 6.45) is 4.11. The number of para-hydroxylation sites is 1. The molecule has 4 atom stereocenters. The Balaban J connectivity index is 1.64. The summed E-state index contributed by atoms with van der Waals surface area (Å²) in [6.45, 7) is 3.84. The Morgan fingerprint density at radius 2 is 1.68 bits per heavy atom. The summed E-state index contributed by atoms with van der Waals surface area (Å²) in [7, 11) is -1.13. The van der Waals surface area contributed by atoms with Gasteiger partial charge in [-0.15, -0.1) is 0 Å². The van der Waals surface area contributed by atoms with E-state index in [-0.39, 0.29) is 29.6 Å². The normalized spacial score (nSPS) is 25.7. The summed E-state index contributed by atoms with van der Waals surface area (Å²) in [5, 5.41) is 0. The first-order valence-electron chi connectivity index (χ1n) is 14.1. The number of sulfonamides is 1. The van der Waals surface area contributed by atoms with Crippen molar-refractivity contribution in [2.75, 3.05) is 18.5 Å². The van der Waals surface area contributed by atoms with Crippen LogP contribution < -0.4 is 4.31 Å². The number of amides is 1. The smallest absolute Gasteiger partial charge is 0.291 e. The zero-order chi connectivity index (χ0) is 28.8. The van der Waals surface area contributed by atoms with E-state index in [1.54, 1.807) is 43.4 Å². The van der Waals surface area contributed by atoms with Crippen LogP contribution >= 0.6 is 0 Å². The third-order valence-corrected chi connectivity index (χ3v) is 11.3. The molecule has 2 fully saturated rings. The second kappa shape index (κ2) is 10.7. The Kier molecular flexibility index (Phi) is 7.65. The predicted octanol–water partition coefficient (Wildman–Crippen LogP) is 4.18. The third-order valence-electron chi connectivity index (χ3n) is 9.43. The van der Waals surface area contributed by atoms with E-state index < -0.39 is 39.3 Å². The first kappa shape index (κ1) is 28.5. The van der Waals surface area contributed by atoms with Gasteiger partial charge in [-0.3, -0.25) is 18.7 Å². The molecule has 2 aromatic carbocycles. The molecule has 8 nitrogen and oxygen atoms in total. The van der Waals surface area contributed by atoms with Crippen molar-refractivity contribution in [1.82, 2.24) is 4.90 Å². The number of hydrogen-bond donors (Lipinski definition) is 0. The van der Waals surface area contributed by atoms with Gasteiger partial charge >= 0.3 is 0 Å². The van der Waals surface area contributed by atoms with E-state index in [0.29, 0.717) is 17.2 Å². The molecule has 0 aromatic heterocycles. The lowest BCUT2D eigenvalue weighted by molar-refractivity contribution is -0.154. The van der Waals surface area contributed by atoms with Crippen LogP contribution in [0.4, 0.5) is 5.69 Å². The Morgan fingerprint density at radius 1 is 1.02 bits per heavy atom. The van der Waals surface area contributed by atoms with Gasteiger partial charge in [-0.2, -0.15) is 0 Å². The fourth-order valence-electron chi connectivity index (χ4n) is 7.11. The van der Waals surface area contributed by atoms with Gasteiger partial charge in [0.2, 0.25) is 5.78 Å². The number of hydrogen-bond acceptors (Lipinski definition) is 6. The zero-order valence-electron chi connectivity index (χ0n) is 23.6. The van der Waals surface area contributed by atoms with E-state index in [4.69, 9.17) is 4.74 Å². The van der Waals surface area contributed by atoms with Gasteiger partial charge in [-0.05, 0) is 56.4 Å². The number of anilines is 1. The lowest BCUT2D eigenvalue weighted by Gasteiger charge is -2.45. The van der Waals surface area contributed by atoms with Gasteiger partial charge in [0.05, 0.1) is 22.7 Å². The van der Waals surface area contributed by atoms with Crippen molar-refractivity contribution >= 4 is 33.2 Å². The van der Waals surface area contributed by atoms with Crippen molar-refractivity contribution in [3.8, 4) is 0 Å². The summed E-state index contributed by atoms with van der Waals surface area (Å²) in [5.74, 6) is -1.32. The average molecular weight is 567 g/mol. The van der Waals surface area contributed by atoms with Crippen molar-refractivity contribution in [3.63, 3.8) is 0 Å². The number of fused-ring (bicyclic) bond motifs is 3.